The quantitative estimate of drug-likeness (QED) is 0.611. The average Bonchev–Trinajstić information content (AvgIpc) is 2.29. The smallest absolute Gasteiger partial charge is 0.274 e. The van der Waals surface area contributed by atoms with E-state index in [0.29, 0.717) is 25.3 Å². The Balaban J connectivity index is 2.36. The fourth-order valence-electron chi connectivity index (χ4n) is 1.74. The number of hydrogen-bond donors (Lipinski definition) is 1. The van der Waals surface area contributed by atoms with Crippen LogP contribution in [0.5, 0.6) is 0 Å². The predicted octanol–water partition coefficient (Wildman–Crippen LogP) is 1.39. The van der Waals surface area contributed by atoms with Crippen LogP contribution in [0.2, 0.25) is 0 Å². The fourth-order valence-corrected chi connectivity index (χ4v) is 1.74. The van der Waals surface area contributed by atoms with Gasteiger partial charge in [-0.05, 0) is 12.1 Å². The Bertz CT molecular complexity index is 405. The van der Waals surface area contributed by atoms with Gasteiger partial charge in [-0.3, -0.25) is 10.1 Å². The molecule has 0 aliphatic carbocycles. The minimum Gasteiger partial charge on any atom is -0.378 e. The van der Waals surface area contributed by atoms with Crippen LogP contribution in [0.4, 0.5) is 10.1 Å². The van der Waals surface area contributed by atoms with Gasteiger partial charge < -0.3 is 10.1 Å². The highest BCUT2D eigenvalue weighted by molar-refractivity contribution is 5.42. The molecule has 5 nitrogen and oxygen atoms in total. The molecule has 0 bridgehead atoms. The van der Waals surface area contributed by atoms with E-state index in [1.54, 1.807) is 0 Å². The highest BCUT2D eigenvalue weighted by Crippen LogP contribution is 2.27. The molecule has 0 spiro atoms. The third kappa shape index (κ3) is 2.17. The van der Waals surface area contributed by atoms with Gasteiger partial charge in [0.25, 0.3) is 5.69 Å². The van der Waals surface area contributed by atoms with Gasteiger partial charge >= 0.3 is 0 Å². The molecular formula is C10H11FN2O3. The van der Waals surface area contributed by atoms with Crippen LogP contribution in [-0.4, -0.2) is 24.7 Å². The summed E-state index contributed by atoms with van der Waals surface area (Å²) >= 11 is 0. The summed E-state index contributed by atoms with van der Waals surface area (Å²) in [5.41, 5.74) is 0.258. The van der Waals surface area contributed by atoms with Crippen molar-refractivity contribution in [2.75, 3.05) is 19.8 Å². The van der Waals surface area contributed by atoms with Crippen molar-refractivity contribution < 1.29 is 14.1 Å². The second-order valence-corrected chi connectivity index (χ2v) is 3.54. The Morgan fingerprint density at radius 1 is 1.56 bits per heavy atom. The van der Waals surface area contributed by atoms with Crippen molar-refractivity contribution in [1.29, 1.82) is 0 Å². The number of nitro groups is 1. The van der Waals surface area contributed by atoms with Gasteiger partial charge in [0.1, 0.15) is 5.82 Å². The summed E-state index contributed by atoms with van der Waals surface area (Å²) in [6, 6.07) is 3.14. The molecule has 0 aromatic heterocycles. The SMILES string of the molecule is O=[N+]([O-])c1ccc(F)cc1C1COCCN1. The first-order valence-corrected chi connectivity index (χ1v) is 4.93. The first-order chi connectivity index (χ1) is 7.68. The second-order valence-electron chi connectivity index (χ2n) is 3.54. The van der Waals surface area contributed by atoms with Crippen molar-refractivity contribution >= 4 is 5.69 Å². The molecule has 6 heteroatoms. The Morgan fingerprint density at radius 3 is 3.00 bits per heavy atom. The lowest BCUT2D eigenvalue weighted by Crippen LogP contribution is -2.34. The maximum Gasteiger partial charge on any atom is 0.274 e. The molecule has 1 aromatic rings. The van der Waals surface area contributed by atoms with Crippen molar-refractivity contribution in [3.63, 3.8) is 0 Å². The number of nitrogens with one attached hydrogen (secondary N) is 1. The van der Waals surface area contributed by atoms with Crippen LogP contribution >= 0.6 is 0 Å². The van der Waals surface area contributed by atoms with E-state index in [2.05, 4.69) is 5.32 Å². The number of morpholine rings is 1. The normalized spacial score (nSPS) is 20.7. The number of nitrogens with zero attached hydrogens (tertiary/aromatic N) is 1. The van der Waals surface area contributed by atoms with Crippen molar-refractivity contribution in [3.8, 4) is 0 Å². The Labute approximate surface area is 91.4 Å². The zero-order valence-electron chi connectivity index (χ0n) is 8.48. The number of nitro benzene ring substituents is 1. The third-order valence-electron chi connectivity index (χ3n) is 2.48. The van der Waals surface area contributed by atoms with E-state index in [1.165, 1.54) is 12.1 Å². The lowest BCUT2D eigenvalue weighted by Gasteiger charge is -2.23. The molecule has 0 saturated carbocycles. The van der Waals surface area contributed by atoms with Crippen molar-refractivity contribution in [3.05, 3.63) is 39.7 Å². The first-order valence-electron chi connectivity index (χ1n) is 4.93. The van der Waals surface area contributed by atoms with Gasteiger partial charge in [-0.2, -0.15) is 0 Å². The molecule has 1 saturated heterocycles. The van der Waals surface area contributed by atoms with Crippen LogP contribution in [0.1, 0.15) is 11.6 Å². The number of hydrogen-bond acceptors (Lipinski definition) is 4. The highest BCUT2D eigenvalue weighted by Gasteiger charge is 2.24. The molecule has 2 rings (SSSR count). The number of halogens is 1. The monoisotopic (exact) mass is 226 g/mol. The van der Waals surface area contributed by atoms with E-state index >= 15 is 0 Å². The zero-order chi connectivity index (χ0) is 11.5. The van der Waals surface area contributed by atoms with Gasteiger partial charge in [-0.1, -0.05) is 0 Å². The Morgan fingerprint density at radius 2 is 2.38 bits per heavy atom. The molecule has 16 heavy (non-hydrogen) atoms. The van der Waals surface area contributed by atoms with Crippen molar-refractivity contribution in [2.24, 2.45) is 0 Å². The summed E-state index contributed by atoms with van der Waals surface area (Å²) < 4.78 is 18.3. The Kier molecular flexibility index (Phi) is 3.12. The summed E-state index contributed by atoms with van der Waals surface area (Å²) in [6.07, 6.45) is 0. The molecule has 1 aliphatic heterocycles. The molecule has 1 heterocycles. The molecule has 86 valence electrons. The van der Waals surface area contributed by atoms with Crippen LogP contribution in [0.3, 0.4) is 0 Å². The lowest BCUT2D eigenvalue weighted by atomic mass is 10.0. The van der Waals surface area contributed by atoms with Gasteiger partial charge in [-0.25, -0.2) is 4.39 Å². The zero-order valence-corrected chi connectivity index (χ0v) is 8.48. The predicted molar refractivity (Wildman–Crippen MR) is 54.6 cm³/mol. The van der Waals surface area contributed by atoms with Crippen LogP contribution in [0, 0.1) is 15.9 Å². The summed E-state index contributed by atoms with van der Waals surface area (Å²) in [7, 11) is 0. The van der Waals surface area contributed by atoms with Gasteiger partial charge in [0.15, 0.2) is 0 Å². The van der Waals surface area contributed by atoms with Gasteiger partial charge in [0.05, 0.1) is 29.7 Å². The van der Waals surface area contributed by atoms with E-state index in [9.17, 15) is 14.5 Å². The number of rotatable bonds is 2. The second kappa shape index (κ2) is 4.54. The molecule has 1 fully saturated rings. The molecule has 0 amide bonds. The highest BCUT2D eigenvalue weighted by atomic mass is 19.1. The standard InChI is InChI=1S/C10H11FN2O3/c11-7-1-2-10(13(14)15)8(5-7)9-6-16-4-3-12-9/h1-2,5,9,12H,3-4,6H2. The summed E-state index contributed by atoms with van der Waals surface area (Å²) in [5, 5.41) is 13.9. The largest absolute Gasteiger partial charge is 0.378 e. The third-order valence-corrected chi connectivity index (χ3v) is 2.48. The average molecular weight is 226 g/mol. The van der Waals surface area contributed by atoms with Crippen molar-refractivity contribution in [1.82, 2.24) is 5.32 Å². The molecule has 1 unspecified atom stereocenters. The molecule has 1 N–H and O–H groups in total. The molecule has 0 radical (unpaired) electrons. The summed E-state index contributed by atoms with van der Waals surface area (Å²) in [6.45, 7) is 1.50. The van der Waals surface area contributed by atoms with E-state index in [1.807, 2.05) is 0 Å². The topological polar surface area (TPSA) is 64.4 Å². The van der Waals surface area contributed by atoms with E-state index in [-0.39, 0.29) is 11.7 Å². The lowest BCUT2D eigenvalue weighted by molar-refractivity contribution is -0.385. The summed E-state index contributed by atoms with van der Waals surface area (Å²) in [4.78, 5) is 10.3. The maximum atomic E-state index is 13.1. The van der Waals surface area contributed by atoms with Crippen LogP contribution in [0.15, 0.2) is 18.2 Å². The van der Waals surface area contributed by atoms with E-state index in [4.69, 9.17) is 4.74 Å². The van der Waals surface area contributed by atoms with Crippen LogP contribution in [-0.2, 0) is 4.74 Å². The summed E-state index contributed by atoms with van der Waals surface area (Å²) in [5.74, 6) is -0.479. The van der Waals surface area contributed by atoms with E-state index in [0.717, 1.165) is 6.07 Å². The van der Waals surface area contributed by atoms with E-state index < -0.39 is 10.7 Å². The molecule has 1 aliphatic rings. The minimum atomic E-state index is -0.509. The van der Waals surface area contributed by atoms with Crippen LogP contribution in [0.25, 0.3) is 0 Å². The van der Waals surface area contributed by atoms with Crippen molar-refractivity contribution in [2.45, 2.75) is 6.04 Å². The first kappa shape index (κ1) is 11.0. The minimum absolute atomic E-state index is 0.0793. The molecule has 1 atom stereocenters. The Hall–Kier alpha value is -1.53. The number of benzene rings is 1. The molecule has 1 aromatic carbocycles. The van der Waals surface area contributed by atoms with Gasteiger partial charge in [0.2, 0.25) is 0 Å². The van der Waals surface area contributed by atoms with Gasteiger partial charge in [0, 0.05) is 12.6 Å². The van der Waals surface area contributed by atoms with Crippen LogP contribution < -0.4 is 5.32 Å². The maximum absolute atomic E-state index is 13.1. The fraction of sp³-hybridized carbons (Fsp3) is 0.400. The van der Waals surface area contributed by atoms with Gasteiger partial charge in [-0.15, -0.1) is 0 Å². The molecular weight excluding hydrogens is 215 g/mol. The number of ether oxygens (including phenoxy) is 1.